The number of amides is 1. The number of likely N-dealkylation sites (tertiary alicyclic amines) is 1. The maximum atomic E-state index is 12.5. The Morgan fingerprint density at radius 1 is 1.25 bits per heavy atom. The molecule has 0 aliphatic carbocycles. The highest BCUT2D eigenvalue weighted by atomic mass is 16.5. The molecule has 2 aromatic rings. The van der Waals surface area contributed by atoms with Gasteiger partial charge in [-0.15, -0.1) is 0 Å². The van der Waals surface area contributed by atoms with Crippen LogP contribution in [0.15, 0.2) is 30.5 Å². The second-order valence-corrected chi connectivity index (χ2v) is 7.06. The van der Waals surface area contributed by atoms with Crippen molar-refractivity contribution in [2.75, 3.05) is 32.8 Å². The molecule has 2 saturated heterocycles. The lowest BCUT2D eigenvalue weighted by Crippen LogP contribution is -2.45. The van der Waals surface area contributed by atoms with Gasteiger partial charge in [0.25, 0.3) is 5.91 Å². The summed E-state index contributed by atoms with van der Waals surface area (Å²) in [7, 11) is 0. The number of carbonyl (C=O) groups is 1. The number of hydrogen-bond acceptors (Lipinski definition) is 3. The maximum absolute atomic E-state index is 12.5. The first-order chi connectivity index (χ1) is 11.8. The fourth-order valence-electron chi connectivity index (χ4n) is 3.82. The van der Waals surface area contributed by atoms with Crippen molar-refractivity contribution < 1.29 is 9.53 Å². The minimum atomic E-state index is 0.0424. The van der Waals surface area contributed by atoms with E-state index >= 15 is 0 Å². The number of carbonyl (C=O) groups excluding carboxylic acids is 1. The SMILES string of the molecule is O=C(NC1CCN(CC2CCOC2)CC1)c1ccc2[nH]ccc2c1. The van der Waals surface area contributed by atoms with Crippen LogP contribution in [0.1, 0.15) is 29.6 Å². The third kappa shape index (κ3) is 3.47. The summed E-state index contributed by atoms with van der Waals surface area (Å²) in [5.74, 6) is 0.741. The number of ether oxygens (including phenoxy) is 1. The molecule has 24 heavy (non-hydrogen) atoms. The number of hydrogen-bond donors (Lipinski definition) is 2. The lowest BCUT2D eigenvalue weighted by atomic mass is 10.0. The van der Waals surface area contributed by atoms with Crippen LogP contribution in [-0.2, 0) is 4.74 Å². The largest absolute Gasteiger partial charge is 0.381 e. The molecule has 1 unspecified atom stereocenters. The van der Waals surface area contributed by atoms with E-state index in [0.717, 1.165) is 62.2 Å². The van der Waals surface area contributed by atoms with Crippen LogP contribution < -0.4 is 5.32 Å². The average Bonchev–Trinajstić information content (AvgIpc) is 3.27. The maximum Gasteiger partial charge on any atom is 0.251 e. The highest BCUT2D eigenvalue weighted by Crippen LogP contribution is 2.19. The zero-order valence-corrected chi connectivity index (χ0v) is 14.0. The number of H-pyrrole nitrogens is 1. The molecule has 0 spiro atoms. The highest BCUT2D eigenvalue weighted by molar-refractivity contribution is 5.98. The van der Waals surface area contributed by atoms with E-state index in [1.807, 2.05) is 30.5 Å². The van der Waals surface area contributed by atoms with Gasteiger partial charge in [0.2, 0.25) is 0 Å². The van der Waals surface area contributed by atoms with E-state index in [0.29, 0.717) is 5.92 Å². The molecular formula is C19H25N3O2. The van der Waals surface area contributed by atoms with Crippen LogP contribution in [0.2, 0.25) is 0 Å². The van der Waals surface area contributed by atoms with Crippen molar-refractivity contribution in [2.45, 2.75) is 25.3 Å². The molecule has 2 N–H and O–H groups in total. The minimum Gasteiger partial charge on any atom is -0.381 e. The van der Waals surface area contributed by atoms with E-state index in [1.165, 1.54) is 6.42 Å². The number of nitrogens with one attached hydrogen (secondary N) is 2. The molecule has 0 bridgehead atoms. The van der Waals surface area contributed by atoms with Crippen molar-refractivity contribution >= 4 is 16.8 Å². The number of nitrogens with zero attached hydrogens (tertiary/aromatic N) is 1. The summed E-state index contributed by atoms with van der Waals surface area (Å²) in [5, 5.41) is 4.29. The zero-order chi connectivity index (χ0) is 16.4. The number of benzene rings is 1. The van der Waals surface area contributed by atoms with E-state index in [-0.39, 0.29) is 11.9 Å². The summed E-state index contributed by atoms with van der Waals surface area (Å²) < 4.78 is 5.46. The molecule has 1 atom stereocenters. The van der Waals surface area contributed by atoms with Crippen molar-refractivity contribution in [1.29, 1.82) is 0 Å². The predicted octanol–water partition coefficient (Wildman–Crippen LogP) is 2.40. The number of piperidine rings is 1. The fourth-order valence-corrected chi connectivity index (χ4v) is 3.82. The Labute approximate surface area is 142 Å². The van der Waals surface area contributed by atoms with E-state index in [9.17, 15) is 4.79 Å². The van der Waals surface area contributed by atoms with Crippen LogP contribution in [0.5, 0.6) is 0 Å². The molecule has 0 radical (unpaired) electrons. The van der Waals surface area contributed by atoms with Crippen LogP contribution in [0.4, 0.5) is 0 Å². The van der Waals surface area contributed by atoms with E-state index < -0.39 is 0 Å². The van der Waals surface area contributed by atoms with Gasteiger partial charge in [0.1, 0.15) is 0 Å². The van der Waals surface area contributed by atoms with Crippen LogP contribution in [0, 0.1) is 5.92 Å². The predicted molar refractivity (Wildman–Crippen MR) is 94.2 cm³/mol. The monoisotopic (exact) mass is 327 g/mol. The standard InChI is InChI=1S/C19H25N3O2/c23-19(16-1-2-18-15(11-16)3-7-20-18)21-17-4-8-22(9-5-17)12-14-6-10-24-13-14/h1-3,7,11,14,17,20H,4-6,8-10,12-13H2,(H,21,23). The Kier molecular flexibility index (Phi) is 4.54. The molecule has 4 rings (SSSR count). The van der Waals surface area contributed by atoms with Crippen LogP contribution >= 0.6 is 0 Å². The second kappa shape index (κ2) is 6.95. The zero-order valence-electron chi connectivity index (χ0n) is 14.0. The van der Waals surface area contributed by atoms with Crippen molar-refractivity contribution in [3.05, 3.63) is 36.0 Å². The van der Waals surface area contributed by atoms with Gasteiger partial charge >= 0.3 is 0 Å². The summed E-state index contributed by atoms with van der Waals surface area (Å²) >= 11 is 0. The number of aromatic nitrogens is 1. The Hall–Kier alpha value is -1.85. The Balaban J connectivity index is 1.29. The normalized spacial score (nSPS) is 22.9. The first-order valence-electron chi connectivity index (χ1n) is 8.96. The topological polar surface area (TPSA) is 57.4 Å². The lowest BCUT2D eigenvalue weighted by molar-refractivity contribution is 0.0903. The fraction of sp³-hybridized carbons (Fsp3) is 0.526. The molecule has 3 heterocycles. The molecule has 128 valence electrons. The summed E-state index contributed by atoms with van der Waals surface area (Å²) in [6.45, 7) is 5.11. The Bertz CT molecular complexity index is 697. The summed E-state index contributed by atoms with van der Waals surface area (Å²) in [6, 6.07) is 8.10. The van der Waals surface area contributed by atoms with Gasteiger partial charge in [-0.25, -0.2) is 0 Å². The van der Waals surface area contributed by atoms with Gasteiger partial charge in [-0.1, -0.05) is 0 Å². The summed E-state index contributed by atoms with van der Waals surface area (Å²) in [6.07, 6.45) is 5.16. The number of rotatable bonds is 4. The molecule has 1 aromatic heterocycles. The van der Waals surface area contributed by atoms with Crippen molar-refractivity contribution in [2.24, 2.45) is 5.92 Å². The molecule has 1 amide bonds. The van der Waals surface area contributed by atoms with E-state index in [4.69, 9.17) is 4.74 Å². The molecule has 2 aliphatic heterocycles. The smallest absolute Gasteiger partial charge is 0.251 e. The highest BCUT2D eigenvalue weighted by Gasteiger charge is 2.24. The summed E-state index contributed by atoms with van der Waals surface area (Å²) in [4.78, 5) is 18.2. The van der Waals surface area contributed by atoms with Crippen LogP contribution in [-0.4, -0.2) is 54.7 Å². The van der Waals surface area contributed by atoms with Crippen molar-refractivity contribution in [3.8, 4) is 0 Å². The molecule has 2 aliphatic rings. The van der Waals surface area contributed by atoms with Gasteiger partial charge in [-0.3, -0.25) is 4.79 Å². The van der Waals surface area contributed by atoms with Gasteiger partial charge in [0.15, 0.2) is 0 Å². The van der Waals surface area contributed by atoms with E-state index in [2.05, 4.69) is 15.2 Å². The first kappa shape index (κ1) is 15.7. The van der Waals surface area contributed by atoms with Crippen molar-refractivity contribution in [1.82, 2.24) is 15.2 Å². The Morgan fingerprint density at radius 3 is 2.92 bits per heavy atom. The van der Waals surface area contributed by atoms with Crippen molar-refractivity contribution in [3.63, 3.8) is 0 Å². The molecule has 1 aromatic carbocycles. The quantitative estimate of drug-likeness (QED) is 0.906. The van der Waals surface area contributed by atoms with Gasteiger partial charge in [0.05, 0.1) is 6.61 Å². The molecular weight excluding hydrogens is 302 g/mol. The molecule has 5 heteroatoms. The molecule has 2 fully saturated rings. The van der Waals surface area contributed by atoms with Gasteiger partial charge in [-0.05, 0) is 49.4 Å². The number of fused-ring (bicyclic) bond motifs is 1. The molecule has 5 nitrogen and oxygen atoms in total. The van der Waals surface area contributed by atoms with Crippen LogP contribution in [0.25, 0.3) is 10.9 Å². The molecule has 0 saturated carbocycles. The Morgan fingerprint density at radius 2 is 2.12 bits per heavy atom. The third-order valence-corrected chi connectivity index (χ3v) is 5.28. The first-order valence-corrected chi connectivity index (χ1v) is 8.96. The second-order valence-electron chi connectivity index (χ2n) is 7.06. The third-order valence-electron chi connectivity index (χ3n) is 5.28. The van der Waals surface area contributed by atoms with Gasteiger partial charge in [-0.2, -0.15) is 0 Å². The summed E-state index contributed by atoms with van der Waals surface area (Å²) in [5.41, 5.74) is 1.81. The minimum absolute atomic E-state index is 0.0424. The van der Waals surface area contributed by atoms with Gasteiger partial charge in [0, 0.05) is 54.9 Å². The van der Waals surface area contributed by atoms with Gasteiger partial charge < -0.3 is 19.9 Å². The van der Waals surface area contributed by atoms with E-state index in [1.54, 1.807) is 0 Å². The lowest BCUT2D eigenvalue weighted by Gasteiger charge is -2.33. The average molecular weight is 327 g/mol. The number of aromatic amines is 1. The van der Waals surface area contributed by atoms with Crippen LogP contribution in [0.3, 0.4) is 0 Å².